The molecular weight excluding hydrogens is 425 g/mol. The average Bonchev–Trinajstić information content (AvgIpc) is 3.15. The predicted octanol–water partition coefficient (Wildman–Crippen LogP) is 4.23. The van der Waals surface area contributed by atoms with Gasteiger partial charge >= 0.3 is 0 Å². The molecule has 4 aromatic rings. The van der Waals surface area contributed by atoms with Crippen LogP contribution >= 0.6 is 23.2 Å². The molecular formula is C21H17Cl2N5O2. The third-order valence-corrected chi connectivity index (χ3v) is 5.38. The molecule has 9 heteroatoms. The van der Waals surface area contributed by atoms with Crippen molar-refractivity contribution >= 4 is 45.8 Å². The molecule has 0 saturated heterocycles. The van der Waals surface area contributed by atoms with Gasteiger partial charge in [-0.3, -0.25) is 14.2 Å². The standard InChI is InChI=1S/C21H17Cl2N5O2/c1-13-25-20-16(12-24-28(20)15-5-3-2-4-6-15)21(30)27(13)10-9-19(29)26-14-7-8-17(22)18(23)11-14/h2-8,11-12H,9-10H2,1H3,(H,26,29). The van der Waals surface area contributed by atoms with Crippen LogP contribution in [0.3, 0.4) is 0 Å². The number of amides is 1. The van der Waals surface area contributed by atoms with E-state index >= 15 is 0 Å². The van der Waals surface area contributed by atoms with Crippen LogP contribution in [-0.4, -0.2) is 25.2 Å². The fourth-order valence-corrected chi connectivity index (χ4v) is 3.44. The third kappa shape index (κ3) is 3.94. The lowest BCUT2D eigenvalue weighted by Crippen LogP contribution is -2.26. The minimum absolute atomic E-state index is 0.0982. The van der Waals surface area contributed by atoms with Gasteiger partial charge in [-0.15, -0.1) is 0 Å². The molecule has 0 aliphatic heterocycles. The second-order valence-electron chi connectivity index (χ2n) is 6.67. The molecule has 0 atom stereocenters. The van der Waals surface area contributed by atoms with Crippen molar-refractivity contribution in [3.05, 3.63) is 81.0 Å². The van der Waals surface area contributed by atoms with E-state index < -0.39 is 0 Å². The van der Waals surface area contributed by atoms with Crippen LogP contribution in [0.25, 0.3) is 16.7 Å². The van der Waals surface area contributed by atoms with Gasteiger partial charge in [0.1, 0.15) is 11.2 Å². The normalized spacial score (nSPS) is 11.0. The van der Waals surface area contributed by atoms with E-state index in [1.165, 1.54) is 10.8 Å². The van der Waals surface area contributed by atoms with Crippen molar-refractivity contribution in [2.45, 2.75) is 19.9 Å². The van der Waals surface area contributed by atoms with E-state index in [1.807, 2.05) is 30.3 Å². The van der Waals surface area contributed by atoms with Gasteiger partial charge in [0, 0.05) is 18.7 Å². The van der Waals surface area contributed by atoms with E-state index in [2.05, 4.69) is 15.4 Å². The first-order valence-electron chi connectivity index (χ1n) is 9.19. The Balaban J connectivity index is 1.55. The molecule has 2 heterocycles. The highest BCUT2D eigenvalue weighted by molar-refractivity contribution is 6.42. The Kier molecular flexibility index (Phi) is 5.57. The summed E-state index contributed by atoms with van der Waals surface area (Å²) < 4.78 is 3.11. The number of benzene rings is 2. The summed E-state index contributed by atoms with van der Waals surface area (Å²) in [6.07, 6.45) is 1.60. The third-order valence-electron chi connectivity index (χ3n) is 4.64. The molecule has 0 radical (unpaired) electrons. The van der Waals surface area contributed by atoms with Gasteiger partial charge in [0.25, 0.3) is 5.56 Å². The number of nitrogens with one attached hydrogen (secondary N) is 1. The summed E-state index contributed by atoms with van der Waals surface area (Å²) >= 11 is 11.9. The Hall–Kier alpha value is -3.16. The molecule has 0 aliphatic carbocycles. The molecule has 0 bridgehead atoms. The molecule has 7 nitrogen and oxygen atoms in total. The number of fused-ring (bicyclic) bond motifs is 1. The number of aryl methyl sites for hydroxylation is 1. The number of halogens is 2. The average molecular weight is 442 g/mol. The first kappa shape index (κ1) is 20.1. The Labute approximate surface area is 181 Å². The van der Waals surface area contributed by atoms with Gasteiger partial charge in [0.15, 0.2) is 5.65 Å². The van der Waals surface area contributed by atoms with Crippen molar-refractivity contribution in [1.82, 2.24) is 19.3 Å². The fraction of sp³-hybridized carbons (Fsp3) is 0.143. The molecule has 152 valence electrons. The maximum Gasteiger partial charge on any atom is 0.264 e. The summed E-state index contributed by atoms with van der Waals surface area (Å²) in [7, 11) is 0. The first-order valence-corrected chi connectivity index (χ1v) is 9.95. The molecule has 0 spiro atoms. The summed E-state index contributed by atoms with van der Waals surface area (Å²) in [6.45, 7) is 1.93. The number of hydrogen-bond donors (Lipinski definition) is 1. The van der Waals surface area contributed by atoms with Crippen LogP contribution in [0.1, 0.15) is 12.2 Å². The van der Waals surface area contributed by atoms with E-state index in [9.17, 15) is 9.59 Å². The molecule has 0 unspecified atom stereocenters. The number of para-hydroxylation sites is 1. The zero-order valence-electron chi connectivity index (χ0n) is 16.0. The van der Waals surface area contributed by atoms with Crippen LogP contribution in [0.2, 0.25) is 10.0 Å². The molecule has 0 saturated carbocycles. The number of carbonyl (C=O) groups excluding carboxylic acids is 1. The number of carbonyl (C=O) groups is 1. The zero-order chi connectivity index (χ0) is 21.3. The van der Waals surface area contributed by atoms with Crippen molar-refractivity contribution in [2.24, 2.45) is 0 Å². The lowest BCUT2D eigenvalue weighted by Gasteiger charge is -2.11. The van der Waals surface area contributed by atoms with Crippen LogP contribution in [-0.2, 0) is 11.3 Å². The van der Waals surface area contributed by atoms with Crippen LogP contribution < -0.4 is 10.9 Å². The number of rotatable bonds is 5. The van der Waals surface area contributed by atoms with E-state index in [4.69, 9.17) is 23.2 Å². The van der Waals surface area contributed by atoms with Crippen molar-refractivity contribution in [1.29, 1.82) is 0 Å². The molecule has 30 heavy (non-hydrogen) atoms. The van der Waals surface area contributed by atoms with E-state index in [1.54, 1.807) is 29.8 Å². The second kappa shape index (κ2) is 8.30. The topological polar surface area (TPSA) is 81.8 Å². The highest BCUT2D eigenvalue weighted by Crippen LogP contribution is 2.25. The van der Waals surface area contributed by atoms with Crippen molar-refractivity contribution in [3.8, 4) is 5.69 Å². The van der Waals surface area contributed by atoms with Gasteiger partial charge in [-0.2, -0.15) is 5.10 Å². The number of anilines is 1. The maximum absolute atomic E-state index is 13.0. The SMILES string of the molecule is Cc1nc2c(cnn2-c2ccccc2)c(=O)n1CCC(=O)Nc1ccc(Cl)c(Cl)c1. The van der Waals surface area contributed by atoms with E-state index in [-0.39, 0.29) is 24.4 Å². The van der Waals surface area contributed by atoms with E-state index in [0.717, 1.165) is 5.69 Å². The summed E-state index contributed by atoms with van der Waals surface area (Å²) in [4.78, 5) is 29.8. The van der Waals surface area contributed by atoms with E-state index in [0.29, 0.717) is 32.6 Å². The van der Waals surface area contributed by atoms with Gasteiger partial charge in [-0.05, 0) is 37.3 Å². The van der Waals surface area contributed by atoms with Crippen molar-refractivity contribution in [3.63, 3.8) is 0 Å². The first-order chi connectivity index (χ1) is 14.4. The van der Waals surface area contributed by atoms with Crippen LogP contribution in [0, 0.1) is 6.92 Å². The lowest BCUT2D eigenvalue weighted by molar-refractivity contribution is -0.116. The Morgan fingerprint density at radius 3 is 2.60 bits per heavy atom. The minimum atomic E-state index is -0.250. The molecule has 2 aromatic heterocycles. The predicted molar refractivity (Wildman–Crippen MR) is 118 cm³/mol. The lowest BCUT2D eigenvalue weighted by atomic mass is 10.3. The van der Waals surface area contributed by atoms with Crippen molar-refractivity contribution in [2.75, 3.05) is 5.32 Å². The number of nitrogens with zero attached hydrogens (tertiary/aromatic N) is 4. The fourth-order valence-electron chi connectivity index (χ4n) is 3.14. The number of aromatic nitrogens is 4. The van der Waals surface area contributed by atoms with Gasteiger partial charge in [0.05, 0.1) is 21.9 Å². The molecule has 1 N–H and O–H groups in total. The monoisotopic (exact) mass is 441 g/mol. The van der Waals surface area contributed by atoms with Gasteiger partial charge in [0.2, 0.25) is 5.91 Å². The molecule has 0 aliphatic rings. The van der Waals surface area contributed by atoms with Crippen LogP contribution in [0.5, 0.6) is 0 Å². The summed E-state index contributed by atoms with van der Waals surface area (Å²) in [5.74, 6) is 0.257. The molecule has 2 aromatic carbocycles. The summed E-state index contributed by atoms with van der Waals surface area (Å²) in [6, 6.07) is 14.3. The second-order valence-corrected chi connectivity index (χ2v) is 7.49. The number of hydrogen-bond acceptors (Lipinski definition) is 4. The Morgan fingerprint density at radius 1 is 1.10 bits per heavy atom. The maximum atomic E-state index is 13.0. The summed E-state index contributed by atoms with van der Waals surface area (Å²) in [5.41, 5.74) is 1.61. The molecule has 4 rings (SSSR count). The Bertz CT molecular complexity index is 1300. The summed E-state index contributed by atoms with van der Waals surface area (Å²) in [5, 5.41) is 8.22. The minimum Gasteiger partial charge on any atom is -0.326 e. The van der Waals surface area contributed by atoms with Crippen molar-refractivity contribution < 1.29 is 4.79 Å². The van der Waals surface area contributed by atoms with Crippen LogP contribution in [0.15, 0.2) is 59.5 Å². The van der Waals surface area contributed by atoms with Gasteiger partial charge in [-0.25, -0.2) is 9.67 Å². The largest absolute Gasteiger partial charge is 0.326 e. The highest BCUT2D eigenvalue weighted by Gasteiger charge is 2.15. The Morgan fingerprint density at radius 2 is 1.87 bits per heavy atom. The van der Waals surface area contributed by atoms with Gasteiger partial charge in [-0.1, -0.05) is 41.4 Å². The zero-order valence-corrected chi connectivity index (χ0v) is 17.5. The molecule has 0 fully saturated rings. The smallest absolute Gasteiger partial charge is 0.264 e. The van der Waals surface area contributed by atoms with Gasteiger partial charge < -0.3 is 5.32 Å². The van der Waals surface area contributed by atoms with Crippen LogP contribution in [0.4, 0.5) is 5.69 Å². The quantitative estimate of drug-likeness (QED) is 0.502. The molecule has 1 amide bonds. The highest BCUT2D eigenvalue weighted by atomic mass is 35.5.